The highest BCUT2D eigenvalue weighted by atomic mass is 79.9. The van der Waals surface area contributed by atoms with E-state index >= 15 is 0 Å². The second-order valence-corrected chi connectivity index (χ2v) is 4.28. The molecule has 2 aromatic rings. The molecule has 1 aromatic carbocycles. The lowest BCUT2D eigenvalue weighted by molar-refractivity contribution is 0.863. The molecule has 0 unspecified atom stereocenters. The Bertz CT molecular complexity index is 445. The molecule has 2 nitrogen and oxygen atoms in total. The van der Waals surface area contributed by atoms with Gasteiger partial charge in [-0.25, -0.2) is 4.68 Å². The molecule has 0 spiro atoms. The Balaban J connectivity index is 2.49. The van der Waals surface area contributed by atoms with E-state index in [-0.39, 0.29) is 0 Å². The van der Waals surface area contributed by atoms with Gasteiger partial charge in [0.1, 0.15) is 0 Å². The van der Waals surface area contributed by atoms with Crippen LogP contribution in [0.5, 0.6) is 0 Å². The average Bonchev–Trinajstić information content (AvgIpc) is 2.47. The molecular formula is C10H8BrClN2. The summed E-state index contributed by atoms with van der Waals surface area (Å²) in [6.07, 6.45) is 1.92. The van der Waals surface area contributed by atoms with E-state index in [2.05, 4.69) is 21.0 Å². The predicted octanol–water partition coefficient (Wildman–Crippen LogP) is 3.60. The van der Waals surface area contributed by atoms with Crippen LogP contribution >= 0.6 is 27.5 Å². The molecule has 2 rings (SSSR count). The summed E-state index contributed by atoms with van der Waals surface area (Å²) >= 11 is 9.30. The number of rotatable bonds is 1. The molecule has 0 saturated heterocycles. The fourth-order valence-electron chi connectivity index (χ4n) is 1.19. The van der Waals surface area contributed by atoms with Crippen molar-refractivity contribution in [2.75, 3.05) is 0 Å². The van der Waals surface area contributed by atoms with E-state index in [1.54, 1.807) is 4.68 Å². The van der Waals surface area contributed by atoms with Crippen LogP contribution in [0.3, 0.4) is 0 Å². The van der Waals surface area contributed by atoms with Gasteiger partial charge in [-0.05, 0) is 41.1 Å². The quantitative estimate of drug-likeness (QED) is 0.775. The van der Waals surface area contributed by atoms with Crippen LogP contribution in [0.15, 0.2) is 34.9 Å². The molecule has 0 amide bonds. The van der Waals surface area contributed by atoms with Crippen LogP contribution in [0.2, 0.25) is 5.02 Å². The monoisotopic (exact) mass is 270 g/mol. The fourth-order valence-corrected chi connectivity index (χ4v) is 1.65. The van der Waals surface area contributed by atoms with Crippen molar-refractivity contribution in [3.05, 3.63) is 45.7 Å². The van der Waals surface area contributed by atoms with Gasteiger partial charge in [0.05, 0.1) is 15.9 Å². The van der Waals surface area contributed by atoms with Crippen LogP contribution in [0.25, 0.3) is 5.69 Å². The van der Waals surface area contributed by atoms with Gasteiger partial charge < -0.3 is 0 Å². The molecule has 1 aromatic heterocycles. The lowest BCUT2D eigenvalue weighted by Gasteiger charge is -2.00. The maximum Gasteiger partial charge on any atom is 0.0740 e. The second-order valence-electron chi connectivity index (χ2n) is 2.99. The molecular weight excluding hydrogens is 263 g/mol. The Hall–Kier alpha value is -0.800. The number of hydrogen-bond acceptors (Lipinski definition) is 1. The first-order chi connectivity index (χ1) is 6.66. The summed E-state index contributed by atoms with van der Waals surface area (Å²) in [7, 11) is 0. The van der Waals surface area contributed by atoms with E-state index < -0.39 is 0 Å². The summed E-state index contributed by atoms with van der Waals surface area (Å²) in [4.78, 5) is 0. The molecule has 0 aliphatic carbocycles. The van der Waals surface area contributed by atoms with Gasteiger partial charge in [0.25, 0.3) is 0 Å². The summed E-state index contributed by atoms with van der Waals surface area (Å²) in [5.74, 6) is 0. The van der Waals surface area contributed by atoms with E-state index in [4.69, 9.17) is 11.6 Å². The maximum atomic E-state index is 5.89. The van der Waals surface area contributed by atoms with Crippen LogP contribution in [0, 0.1) is 6.92 Å². The molecule has 0 N–H and O–H groups in total. The van der Waals surface area contributed by atoms with Crippen molar-refractivity contribution in [2.24, 2.45) is 0 Å². The Morgan fingerprint density at radius 2 is 2.21 bits per heavy atom. The van der Waals surface area contributed by atoms with Crippen LogP contribution in [-0.2, 0) is 0 Å². The smallest absolute Gasteiger partial charge is 0.0740 e. The molecule has 0 atom stereocenters. The Morgan fingerprint density at radius 3 is 2.79 bits per heavy atom. The molecule has 0 bridgehead atoms. The fraction of sp³-hybridized carbons (Fsp3) is 0.100. The van der Waals surface area contributed by atoms with Crippen LogP contribution in [-0.4, -0.2) is 9.78 Å². The first-order valence-electron chi connectivity index (χ1n) is 4.14. The Morgan fingerprint density at radius 1 is 1.43 bits per heavy atom. The van der Waals surface area contributed by atoms with Crippen molar-refractivity contribution < 1.29 is 0 Å². The third kappa shape index (κ3) is 1.83. The molecule has 0 aliphatic heterocycles. The van der Waals surface area contributed by atoms with Crippen molar-refractivity contribution >= 4 is 27.5 Å². The molecule has 0 saturated carbocycles. The highest BCUT2D eigenvalue weighted by Crippen LogP contribution is 2.19. The molecule has 1 heterocycles. The summed E-state index contributed by atoms with van der Waals surface area (Å²) in [5.41, 5.74) is 1.93. The van der Waals surface area contributed by atoms with E-state index in [0.29, 0.717) is 5.02 Å². The third-order valence-corrected chi connectivity index (χ3v) is 2.93. The van der Waals surface area contributed by atoms with Crippen molar-refractivity contribution in [3.63, 3.8) is 0 Å². The summed E-state index contributed by atoms with van der Waals surface area (Å²) < 4.78 is 2.79. The number of aryl methyl sites for hydroxylation is 1. The van der Waals surface area contributed by atoms with Gasteiger partial charge in [-0.15, -0.1) is 0 Å². The minimum Gasteiger partial charge on any atom is -0.240 e. The molecule has 4 heteroatoms. The summed E-state index contributed by atoms with van der Waals surface area (Å²) in [5, 5.41) is 5.05. The topological polar surface area (TPSA) is 17.8 Å². The Kier molecular flexibility index (Phi) is 2.61. The average molecular weight is 272 g/mol. The third-order valence-electron chi connectivity index (χ3n) is 1.91. The maximum absolute atomic E-state index is 5.89. The van der Waals surface area contributed by atoms with Crippen molar-refractivity contribution in [3.8, 4) is 5.69 Å². The van der Waals surface area contributed by atoms with Gasteiger partial charge in [-0.1, -0.05) is 17.7 Å². The molecule has 0 aliphatic rings. The number of hydrogen-bond donors (Lipinski definition) is 0. The van der Waals surface area contributed by atoms with Gasteiger partial charge in [-0.2, -0.15) is 5.10 Å². The first kappa shape index (κ1) is 9.74. The predicted molar refractivity (Wildman–Crippen MR) is 61.0 cm³/mol. The number of halogens is 2. The lowest BCUT2D eigenvalue weighted by Crippen LogP contribution is -1.94. The number of benzene rings is 1. The molecule has 14 heavy (non-hydrogen) atoms. The molecule has 0 fully saturated rings. The van der Waals surface area contributed by atoms with Crippen molar-refractivity contribution in [1.29, 1.82) is 0 Å². The number of nitrogens with zero attached hydrogens (tertiary/aromatic N) is 2. The highest BCUT2D eigenvalue weighted by molar-refractivity contribution is 9.10. The van der Waals surface area contributed by atoms with Crippen molar-refractivity contribution in [2.45, 2.75) is 6.92 Å². The SMILES string of the molecule is Cc1nn(-c2cccc(Cl)c2)cc1Br. The van der Waals surface area contributed by atoms with Crippen LogP contribution in [0.1, 0.15) is 5.69 Å². The van der Waals surface area contributed by atoms with Gasteiger partial charge in [0.15, 0.2) is 0 Å². The largest absolute Gasteiger partial charge is 0.240 e. The van der Waals surface area contributed by atoms with Gasteiger partial charge >= 0.3 is 0 Å². The second kappa shape index (κ2) is 3.75. The zero-order chi connectivity index (χ0) is 10.1. The van der Waals surface area contributed by atoms with E-state index in [1.807, 2.05) is 37.4 Å². The highest BCUT2D eigenvalue weighted by Gasteiger charge is 2.03. The summed E-state index contributed by atoms with van der Waals surface area (Å²) in [6, 6.07) is 7.59. The first-order valence-corrected chi connectivity index (χ1v) is 5.31. The van der Waals surface area contributed by atoms with Crippen LogP contribution < -0.4 is 0 Å². The molecule has 72 valence electrons. The Labute approximate surface area is 95.6 Å². The lowest BCUT2D eigenvalue weighted by atomic mass is 10.3. The minimum absolute atomic E-state index is 0.715. The van der Waals surface area contributed by atoms with Gasteiger partial charge in [0.2, 0.25) is 0 Å². The standard InChI is InChI=1S/C10H8BrClN2/c1-7-10(11)6-14(13-7)9-4-2-3-8(12)5-9/h2-6H,1H3. The van der Waals surface area contributed by atoms with Crippen LogP contribution in [0.4, 0.5) is 0 Å². The molecule has 0 radical (unpaired) electrons. The van der Waals surface area contributed by atoms with Gasteiger partial charge in [0, 0.05) is 11.2 Å². The van der Waals surface area contributed by atoms with Gasteiger partial charge in [-0.3, -0.25) is 0 Å². The normalized spacial score (nSPS) is 10.5. The van der Waals surface area contributed by atoms with E-state index in [1.165, 1.54) is 0 Å². The number of aromatic nitrogens is 2. The van der Waals surface area contributed by atoms with E-state index in [9.17, 15) is 0 Å². The zero-order valence-corrected chi connectivity index (χ0v) is 9.88. The zero-order valence-electron chi connectivity index (χ0n) is 7.54. The van der Waals surface area contributed by atoms with E-state index in [0.717, 1.165) is 15.9 Å². The van der Waals surface area contributed by atoms with Crippen molar-refractivity contribution in [1.82, 2.24) is 9.78 Å². The minimum atomic E-state index is 0.715. The summed E-state index contributed by atoms with van der Waals surface area (Å²) in [6.45, 7) is 1.95.